The highest BCUT2D eigenvalue weighted by Crippen LogP contribution is 2.11. The Kier molecular flexibility index (Phi) is 3.82. The summed E-state index contributed by atoms with van der Waals surface area (Å²) in [4.78, 5) is 0. The molecule has 0 bridgehead atoms. The Hall–Kier alpha value is -1.09. The van der Waals surface area contributed by atoms with E-state index >= 15 is 0 Å². The van der Waals surface area contributed by atoms with E-state index in [9.17, 15) is 16.8 Å². The Morgan fingerprint density at radius 1 is 1.35 bits per heavy atom. The van der Waals surface area contributed by atoms with Crippen molar-refractivity contribution in [1.29, 1.82) is 0 Å². The second-order valence-corrected chi connectivity index (χ2v) is 7.43. The summed E-state index contributed by atoms with van der Waals surface area (Å²) in [5.74, 6) is -0.393. The number of aromatic nitrogens is 2. The van der Waals surface area contributed by atoms with Crippen LogP contribution in [0.2, 0.25) is 0 Å². The fourth-order valence-corrected chi connectivity index (χ4v) is 2.99. The smallest absolute Gasteiger partial charge is 0.307 e. The second kappa shape index (κ2) is 4.65. The lowest BCUT2D eigenvalue weighted by molar-refractivity contribution is 0.478. The Balaban J connectivity index is 2.96. The normalized spacial score (nSPS) is 12.9. The molecular formula is C8H14N2O5S2. The molecule has 0 aliphatic carbocycles. The fraction of sp³-hybridized carbons (Fsp3) is 0.625. The van der Waals surface area contributed by atoms with Gasteiger partial charge < -0.3 is 4.18 Å². The standard InChI is InChI=1S/C8H14N2O5S2/c1-7(2)6-17(13,14)10-5-4-8(9-10)15-16(3,11)12/h4-5,7H,6H2,1-3H3. The minimum absolute atomic E-state index is 0.0523. The lowest BCUT2D eigenvalue weighted by Gasteiger charge is -2.06. The third kappa shape index (κ3) is 4.35. The molecule has 1 aromatic heterocycles. The molecule has 1 heterocycles. The molecule has 0 aromatic carbocycles. The lowest BCUT2D eigenvalue weighted by atomic mass is 10.3. The topological polar surface area (TPSA) is 95.3 Å². The Bertz CT molecular complexity index is 585. The molecule has 0 unspecified atom stereocenters. The van der Waals surface area contributed by atoms with Gasteiger partial charge in [-0.3, -0.25) is 0 Å². The van der Waals surface area contributed by atoms with Crippen molar-refractivity contribution >= 4 is 20.1 Å². The highest BCUT2D eigenvalue weighted by atomic mass is 32.2. The van der Waals surface area contributed by atoms with Crippen LogP contribution in [-0.4, -0.2) is 38.0 Å². The summed E-state index contributed by atoms with van der Waals surface area (Å²) in [5, 5.41) is 3.55. The van der Waals surface area contributed by atoms with Crippen LogP contribution in [0.25, 0.3) is 0 Å². The van der Waals surface area contributed by atoms with Crippen molar-refractivity contribution in [2.45, 2.75) is 13.8 Å². The molecule has 0 saturated carbocycles. The first-order chi connectivity index (χ1) is 7.60. The third-order valence-electron chi connectivity index (χ3n) is 1.61. The minimum Gasteiger partial charge on any atom is -0.360 e. The number of nitrogens with zero attached hydrogens (tertiary/aromatic N) is 2. The first-order valence-electron chi connectivity index (χ1n) is 4.78. The summed E-state index contributed by atoms with van der Waals surface area (Å²) < 4.78 is 50.2. The van der Waals surface area contributed by atoms with Crippen LogP contribution in [0.3, 0.4) is 0 Å². The molecule has 0 N–H and O–H groups in total. The third-order valence-corrected chi connectivity index (χ3v) is 3.94. The summed E-state index contributed by atoms with van der Waals surface area (Å²) in [5.41, 5.74) is 0. The first kappa shape index (κ1) is 14.0. The van der Waals surface area contributed by atoms with Crippen LogP contribution in [-0.2, 0) is 20.1 Å². The van der Waals surface area contributed by atoms with Crippen LogP contribution in [0.4, 0.5) is 0 Å². The lowest BCUT2D eigenvalue weighted by Crippen LogP contribution is -2.20. The number of hydrogen-bond acceptors (Lipinski definition) is 6. The van der Waals surface area contributed by atoms with Gasteiger partial charge in [0.25, 0.3) is 15.9 Å². The predicted molar refractivity (Wildman–Crippen MR) is 61.7 cm³/mol. The van der Waals surface area contributed by atoms with E-state index in [1.54, 1.807) is 13.8 Å². The summed E-state index contributed by atoms with van der Waals surface area (Å²) in [7, 11) is -7.27. The molecule has 9 heteroatoms. The van der Waals surface area contributed by atoms with Crippen LogP contribution in [0.1, 0.15) is 13.8 Å². The van der Waals surface area contributed by atoms with Crippen LogP contribution in [0.15, 0.2) is 12.3 Å². The molecule has 0 atom stereocenters. The number of hydrogen-bond donors (Lipinski definition) is 0. The summed E-state index contributed by atoms with van der Waals surface area (Å²) >= 11 is 0. The fourth-order valence-electron chi connectivity index (χ4n) is 1.14. The Labute approximate surface area is 101 Å². The van der Waals surface area contributed by atoms with Crippen molar-refractivity contribution in [3.8, 4) is 5.88 Å². The molecular weight excluding hydrogens is 268 g/mol. The maximum absolute atomic E-state index is 11.7. The van der Waals surface area contributed by atoms with Crippen LogP contribution in [0, 0.1) is 5.92 Å². The van der Waals surface area contributed by atoms with Crippen molar-refractivity contribution in [3.05, 3.63) is 12.3 Å². The highest BCUT2D eigenvalue weighted by Gasteiger charge is 2.18. The van der Waals surface area contributed by atoms with E-state index in [2.05, 4.69) is 9.28 Å². The van der Waals surface area contributed by atoms with Gasteiger partial charge >= 0.3 is 10.1 Å². The molecule has 0 fully saturated rings. The molecule has 0 saturated heterocycles. The van der Waals surface area contributed by atoms with Gasteiger partial charge in [-0.05, 0) is 5.92 Å². The zero-order chi connectivity index (χ0) is 13.3. The number of rotatable bonds is 5. The predicted octanol–water partition coefficient (Wildman–Crippen LogP) is 0.0554. The molecule has 17 heavy (non-hydrogen) atoms. The molecule has 0 spiro atoms. The van der Waals surface area contributed by atoms with Gasteiger partial charge in [0.2, 0.25) is 0 Å². The zero-order valence-electron chi connectivity index (χ0n) is 9.69. The Morgan fingerprint density at radius 3 is 2.41 bits per heavy atom. The van der Waals surface area contributed by atoms with E-state index in [0.29, 0.717) is 4.09 Å². The molecule has 0 aliphatic heterocycles. The average Bonchev–Trinajstić information content (AvgIpc) is 2.46. The molecule has 98 valence electrons. The molecule has 7 nitrogen and oxygen atoms in total. The maximum Gasteiger partial charge on any atom is 0.307 e. The van der Waals surface area contributed by atoms with Crippen molar-refractivity contribution < 1.29 is 21.0 Å². The van der Waals surface area contributed by atoms with Crippen LogP contribution >= 0.6 is 0 Å². The molecule has 0 radical (unpaired) electrons. The Morgan fingerprint density at radius 2 is 1.94 bits per heavy atom. The van der Waals surface area contributed by atoms with Crippen molar-refractivity contribution in [3.63, 3.8) is 0 Å². The van der Waals surface area contributed by atoms with Gasteiger partial charge in [0.15, 0.2) is 0 Å². The van der Waals surface area contributed by atoms with Crippen molar-refractivity contribution in [1.82, 2.24) is 9.19 Å². The van der Waals surface area contributed by atoms with Crippen LogP contribution in [0.5, 0.6) is 5.88 Å². The van der Waals surface area contributed by atoms with Gasteiger partial charge in [-0.25, -0.2) is 8.42 Å². The molecule has 0 amide bonds. The monoisotopic (exact) mass is 282 g/mol. The van der Waals surface area contributed by atoms with Crippen LogP contribution < -0.4 is 4.18 Å². The van der Waals surface area contributed by atoms with Gasteiger partial charge in [-0.15, -0.1) is 5.10 Å². The van der Waals surface area contributed by atoms with Crippen molar-refractivity contribution in [2.24, 2.45) is 5.92 Å². The second-order valence-electron chi connectivity index (χ2n) is 3.99. The minimum atomic E-state index is -3.70. The SMILES string of the molecule is CC(C)CS(=O)(=O)n1ccc(OS(C)(=O)=O)n1. The maximum atomic E-state index is 11.7. The van der Waals surface area contributed by atoms with E-state index in [4.69, 9.17) is 0 Å². The molecule has 1 aromatic rings. The van der Waals surface area contributed by atoms with Gasteiger partial charge in [-0.1, -0.05) is 13.8 Å². The summed E-state index contributed by atoms with van der Waals surface area (Å²) in [6.07, 6.45) is 2.01. The van der Waals surface area contributed by atoms with E-state index in [-0.39, 0.29) is 17.6 Å². The van der Waals surface area contributed by atoms with Crippen molar-refractivity contribution in [2.75, 3.05) is 12.0 Å². The van der Waals surface area contributed by atoms with Gasteiger partial charge in [-0.2, -0.15) is 12.5 Å². The highest BCUT2D eigenvalue weighted by molar-refractivity contribution is 7.89. The average molecular weight is 282 g/mol. The van der Waals surface area contributed by atoms with Gasteiger partial charge in [0.05, 0.1) is 12.0 Å². The summed E-state index contributed by atoms with van der Waals surface area (Å²) in [6, 6.07) is 1.18. The zero-order valence-corrected chi connectivity index (χ0v) is 11.3. The van der Waals surface area contributed by atoms with E-state index < -0.39 is 20.1 Å². The molecule has 0 aliphatic rings. The van der Waals surface area contributed by atoms with E-state index in [1.165, 1.54) is 6.07 Å². The van der Waals surface area contributed by atoms with Gasteiger partial charge in [0, 0.05) is 12.3 Å². The van der Waals surface area contributed by atoms with E-state index in [0.717, 1.165) is 12.5 Å². The summed E-state index contributed by atoms with van der Waals surface area (Å²) in [6.45, 7) is 3.52. The molecule has 1 rings (SSSR count). The van der Waals surface area contributed by atoms with Gasteiger partial charge in [0.1, 0.15) is 0 Å². The largest absolute Gasteiger partial charge is 0.360 e. The quantitative estimate of drug-likeness (QED) is 0.708. The van der Waals surface area contributed by atoms with E-state index in [1.807, 2.05) is 0 Å². The first-order valence-corrected chi connectivity index (χ1v) is 8.21.